The fourth-order valence-corrected chi connectivity index (χ4v) is 6.59. The standard InChI is InChI=1S/C20H31N10O13P3/c1-23-12-16(28-20(22)29-18(12)33)27-19-14(32)13(31)9(40-19)5-38-44(34)42-46(36)43-45(35)41-37-4-8-2-3-10(39-8)30-7-26-11-15(21)24-6-25-17(11)30/h6-10,13-14,19,23,31-32,34-36H,2-5H2,1H3,(H2,21,24,25)(H4,22,27,28,29,33). The molecule has 0 aromatic carbocycles. The summed E-state index contributed by atoms with van der Waals surface area (Å²) >= 11 is 0. The summed E-state index contributed by atoms with van der Waals surface area (Å²) in [5, 5.41) is 26.0. The molecule has 46 heavy (non-hydrogen) atoms. The Kier molecular flexibility index (Phi) is 11.8. The number of fused-ring (bicyclic) bond motifs is 1. The summed E-state index contributed by atoms with van der Waals surface area (Å²) in [6, 6.07) is 0. The fourth-order valence-electron chi connectivity index (χ4n) is 4.52. The van der Waals surface area contributed by atoms with Crippen molar-refractivity contribution in [3.05, 3.63) is 23.0 Å². The van der Waals surface area contributed by atoms with Gasteiger partial charge in [-0.05, 0) is 12.8 Å². The molecule has 0 saturated carbocycles. The van der Waals surface area contributed by atoms with Gasteiger partial charge in [0.25, 0.3) is 5.56 Å². The van der Waals surface area contributed by atoms with E-state index in [1.165, 1.54) is 13.4 Å². The molecule has 2 aliphatic rings. The lowest BCUT2D eigenvalue weighted by atomic mass is 10.1. The molecule has 0 spiro atoms. The predicted molar refractivity (Wildman–Crippen MR) is 159 cm³/mol. The quantitative estimate of drug-likeness (QED) is 0.0513. The molecule has 26 heteroatoms. The van der Waals surface area contributed by atoms with E-state index in [0.29, 0.717) is 24.0 Å². The first kappa shape index (κ1) is 34.8. The van der Waals surface area contributed by atoms with Crippen LogP contribution in [0.3, 0.4) is 0 Å². The number of imidazole rings is 1. The molecule has 9 unspecified atom stereocenters. The summed E-state index contributed by atoms with van der Waals surface area (Å²) in [6.45, 7) is -0.592. The molecular weight excluding hydrogens is 681 g/mol. The van der Waals surface area contributed by atoms with Gasteiger partial charge < -0.3 is 61.0 Å². The van der Waals surface area contributed by atoms with Crippen LogP contribution in [0.25, 0.3) is 11.2 Å². The molecule has 0 aliphatic carbocycles. The van der Waals surface area contributed by atoms with E-state index in [4.69, 9.17) is 43.6 Å². The number of hydrogen-bond acceptors (Lipinski definition) is 21. The Morgan fingerprint density at radius 1 is 1.07 bits per heavy atom. The van der Waals surface area contributed by atoms with E-state index in [0.717, 1.165) is 0 Å². The Hall–Kier alpha value is -2.56. The molecule has 2 aliphatic heterocycles. The Bertz CT molecular complexity index is 1530. The lowest BCUT2D eigenvalue weighted by Gasteiger charge is -2.19. The van der Waals surface area contributed by atoms with E-state index < -0.39 is 68.6 Å². The number of nitrogens with two attached hydrogens (primary N) is 2. The topological polar surface area (TPSA) is 331 Å². The monoisotopic (exact) mass is 712 g/mol. The molecule has 254 valence electrons. The zero-order chi connectivity index (χ0) is 33.0. The van der Waals surface area contributed by atoms with Crippen LogP contribution in [0.1, 0.15) is 19.1 Å². The number of nitrogens with zero attached hydrogens (tertiary/aromatic N) is 5. The highest BCUT2D eigenvalue weighted by Crippen LogP contribution is 2.57. The SMILES string of the molecule is CNc1c(NC2OC(COP(O)OP(O)OP(O)OOCC3CCC(n4cnc5c(N)ncnc54)O3)C(O)C2O)nc(N)[nH]c1=O. The van der Waals surface area contributed by atoms with E-state index >= 15 is 0 Å². The number of aliphatic hydroxyl groups excluding tert-OH is 2. The van der Waals surface area contributed by atoms with E-state index in [9.17, 15) is 29.7 Å². The molecule has 3 aromatic heterocycles. The number of rotatable bonds is 15. The number of hydrogen-bond donors (Lipinski definition) is 10. The third-order valence-corrected chi connectivity index (χ3v) is 9.45. The van der Waals surface area contributed by atoms with Crippen molar-refractivity contribution >= 4 is 60.2 Å². The van der Waals surface area contributed by atoms with Crippen LogP contribution in [0.5, 0.6) is 0 Å². The minimum Gasteiger partial charge on any atom is -0.387 e. The van der Waals surface area contributed by atoms with Crippen molar-refractivity contribution < 1.29 is 57.1 Å². The largest absolute Gasteiger partial charge is 0.387 e. The minimum atomic E-state index is -2.90. The first-order chi connectivity index (χ1) is 22.0. The molecule has 5 rings (SSSR count). The minimum absolute atomic E-state index is 0.00291. The first-order valence-electron chi connectivity index (χ1n) is 13.2. The summed E-state index contributed by atoms with van der Waals surface area (Å²) in [4.78, 5) is 65.4. The molecule has 2 fully saturated rings. The number of aliphatic hydroxyl groups is 2. The smallest absolute Gasteiger partial charge is 0.367 e. The number of nitrogen functional groups attached to an aromatic ring is 2. The van der Waals surface area contributed by atoms with Gasteiger partial charge in [0.1, 0.15) is 48.7 Å². The molecule has 12 N–H and O–H groups in total. The second-order valence-corrected chi connectivity index (χ2v) is 12.7. The van der Waals surface area contributed by atoms with Gasteiger partial charge >= 0.3 is 25.8 Å². The van der Waals surface area contributed by atoms with Crippen LogP contribution < -0.4 is 27.7 Å². The highest BCUT2D eigenvalue weighted by atomic mass is 31.3. The van der Waals surface area contributed by atoms with E-state index in [1.54, 1.807) is 10.9 Å². The van der Waals surface area contributed by atoms with Gasteiger partial charge in [-0.2, -0.15) is 9.66 Å². The Labute approximate surface area is 262 Å². The lowest BCUT2D eigenvalue weighted by Crippen LogP contribution is -2.37. The van der Waals surface area contributed by atoms with Gasteiger partial charge in [-0.1, -0.05) is 0 Å². The van der Waals surface area contributed by atoms with Crippen LogP contribution in [0.15, 0.2) is 17.4 Å². The van der Waals surface area contributed by atoms with Crippen molar-refractivity contribution in [2.45, 2.75) is 49.7 Å². The van der Waals surface area contributed by atoms with Gasteiger partial charge in [0.2, 0.25) is 5.95 Å². The van der Waals surface area contributed by atoms with Gasteiger partial charge in [0.15, 0.2) is 23.5 Å². The number of nitrogens with one attached hydrogen (secondary N) is 3. The van der Waals surface area contributed by atoms with E-state index in [-0.39, 0.29) is 36.1 Å². The van der Waals surface area contributed by atoms with Gasteiger partial charge in [-0.15, -0.1) is 0 Å². The van der Waals surface area contributed by atoms with Gasteiger partial charge in [-0.25, -0.2) is 28.5 Å². The van der Waals surface area contributed by atoms with Crippen LogP contribution >= 0.6 is 25.8 Å². The maximum absolute atomic E-state index is 12.0. The predicted octanol–water partition coefficient (Wildman–Crippen LogP) is -0.992. The van der Waals surface area contributed by atoms with Crippen molar-refractivity contribution in [3.63, 3.8) is 0 Å². The van der Waals surface area contributed by atoms with Crippen LogP contribution in [-0.2, 0) is 32.2 Å². The Morgan fingerprint density at radius 3 is 2.63 bits per heavy atom. The third-order valence-electron chi connectivity index (χ3n) is 6.61. The van der Waals surface area contributed by atoms with Crippen LogP contribution in [0.4, 0.5) is 23.3 Å². The van der Waals surface area contributed by atoms with Crippen LogP contribution in [0, 0.1) is 0 Å². The Morgan fingerprint density at radius 2 is 1.85 bits per heavy atom. The van der Waals surface area contributed by atoms with Gasteiger partial charge in [-0.3, -0.25) is 14.3 Å². The summed E-state index contributed by atoms with van der Waals surface area (Å²) < 4.78 is 32.5. The normalized spacial score (nSPS) is 26.7. The molecule has 9 atom stereocenters. The molecule has 23 nitrogen and oxygen atoms in total. The summed E-state index contributed by atoms with van der Waals surface area (Å²) in [7, 11) is -7.03. The molecule has 2 saturated heterocycles. The average molecular weight is 712 g/mol. The third kappa shape index (κ3) is 8.29. The van der Waals surface area contributed by atoms with E-state index in [1.807, 2.05) is 0 Å². The molecular formula is C20H31N10O13P3. The second kappa shape index (κ2) is 15.6. The number of H-pyrrole nitrogens is 1. The van der Waals surface area contributed by atoms with Crippen molar-refractivity contribution in [3.8, 4) is 0 Å². The zero-order valence-corrected chi connectivity index (χ0v) is 26.4. The molecule has 0 bridgehead atoms. The molecule has 0 amide bonds. The average Bonchev–Trinajstić information content (AvgIpc) is 3.71. The lowest BCUT2D eigenvalue weighted by molar-refractivity contribution is -0.233. The molecule has 5 heterocycles. The van der Waals surface area contributed by atoms with Crippen molar-refractivity contribution in [1.82, 2.24) is 29.5 Å². The summed E-state index contributed by atoms with van der Waals surface area (Å²) in [6.07, 6.45) is -2.14. The number of ether oxygens (including phenoxy) is 2. The zero-order valence-electron chi connectivity index (χ0n) is 23.7. The van der Waals surface area contributed by atoms with Crippen molar-refractivity contribution in [2.75, 3.05) is 42.4 Å². The fraction of sp³-hybridized carbons (Fsp3) is 0.550. The van der Waals surface area contributed by atoms with Crippen LogP contribution in [-0.4, -0.2) is 105 Å². The highest BCUT2D eigenvalue weighted by Gasteiger charge is 2.44. The molecule has 0 radical (unpaired) electrons. The van der Waals surface area contributed by atoms with E-state index in [2.05, 4.69) is 35.6 Å². The summed E-state index contributed by atoms with van der Waals surface area (Å²) in [5.74, 6) is 0.00148. The maximum atomic E-state index is 12.0. The highest BCUT2D eigenvalue weighted by molar-refractivity contribution is 7.60. The number of aromatic nitrogens is 6. The van der Waals surface area contributed by atoms with Crippen molar-refractivity contribution in [1.29, 1.82) is 0 Å². The van der Waals surface area contributed by atoms with Crippen molar-refractivity contribution in [2.24, 2.45) is 0 Å². The van der Waals surface area contributed by atoms with Gasteiger partial charge in [0.05, 0.1) is 19.0 Å². The molecule has 3 aromatic rings. The maximum Gasteiger partial charge on any atom is 0.367 e. The van der Waals surface area contributed by atoms with Gasteiger partial charge in [0, 0.05) is 7.05 Å². The second-order valence-electron chi connectivity index (χ2n) is 9.55. The number of anilines is 4. The first-order valence-corrected chi connectivity index (χ1v) is 16.6. The Balaban J connectivity index is 0.992. The summed E-state index contributed by atoms with van der Waals surface area (Å²) in [5.41, 5.74) is 11.8. The number of aromatic amines is 1. The van der Waals surface area contributed by atoms with Crippen LogP contribution in [0.2, 0.25) is 0 Å².